The molecular weight excluding hydrogens is 326 g/mol. The maximum Gasteiger partial charge on any atom is 0.246 e. The van der Waals surface area contributed by atoms with Crippen molar-refractivity contribution in [3.63, 3.8) is 0 Å². The van der Waals surface area contributed by atoms with Gasteiger partial charge in [-0.2, -0.15) is 9.47 Å². The number of rotatable bonds is 4. The van der Waals surface area contributed by atoms with E-state index < -0.39 is 0 Å². The van der Waals surface area contributed by atoms with Crippen LogP contribution in [-0.2, 0) is 11.2 Å². The Morgan fingerprint density at radius 3 is 3.08 bits per heavy atom. The molecule has 4 rings (SSSR count). The number of nitrogens with one attached hydrogen (secondary N) is 1. The lowest BCUT2D eigenvalue weighted by molar-refractivity contribution is -0.120. The molecule has 1 aromatic heterocycles. The monoisotopic (exact) mass is 339 g/mol. The highest BCUT2D eigenvalue weighted by Crippen LogP contribution is 2.31. The molecule has 3 aromatic rings. The van der Waals surface area contributed by atoms with Crippen LogP contribution in [0.25, 0.3) is 10.1 Å². The SMILES string of the molecule is O=C(Cc1nsc2ccccc12)N/N=C/c1ccc2c(c1)OCO2. The summed E-state index contributed by atoms with van der Waals surface area (Å²) in [6, 6.07) is 13.3. The van der Waals surface area contributed by atoms with Crippen molar-refractivity contribution >= 4 is 33.7 Å². The van der Waals surface area contributed by atoms with Gasteiger partial charge < -0.3 is 9.47 Å². The van der Waals surface area contributed by atoms with Crippen LogP contribution < -0.4 is 14.9 Å². The minimum Gasteiger partial charge on any atom is -0.454 e. The summed E-state index contributed by atoms with van der Waals surface area (Å²) < 4.78 is 16.0. The van der Waals surface area contributed by atoms with Gasteiger partial charge in [0.25, 0.3) is 0 Å². The molecule has 1 amide bonds. The molecule has 0 fully saturated rings. The summed E-state index contributed by atoms with van der Waals surface area (Å²) in [5, 5.41) is 4.99. The molecule has 1 aliphatic heterocycles. The molecule has 7 heteroatoms. The van der Waals surface area contributed by atoms with Crippen molar-refractivity contribution in [2.24, 2.45) is 5.10 Å². The van der Waals surface area contributed by atoms with Crippen LogP contribution in [0.1, 0.15) is 11.3 Å². The number of ether oxygens (including phenoxy) is 2. The normalized spacial score (nSPS) is 12.8. The van der Waals surface area contributed by atoms with E-state index in [0.717, 1.165) is 21.3 Å². The van der Waals surface area contributed by atoms with Gasteiger partial charge >= 0.3 is 0 Å². The fourth-order valence-electron chi connectivity index (χ4n) is 2.43. The lowest BCUT2D eigenvalue weighted by atomic mass is 10.2. The Balaban J connectivity index is 1.39. The Hall–Kier alpha value is -2.93. The summed E-state index contributed by atoms with van der Waals surface area (Å²) in [5.74, 6) is 1.19. The van der Waals surface area contributed by atoms with Gasteiger partial charge in [0.15, 0.2) is 11.5 Å². The summed E-state index contributed by atoms with van der Waals surface area (Å²) in [4.78, 5) is 12.0. The van der Waals surface area contributed by atoms with Crippen LogP contribution in [0.2, 0.25) is 0 Å². The lowest BCUT2D eigenvalue weighted by Gasteiger charge is -1.99. The Bertz CT molecular complexity index is 936. The topological polar surface area (TPSA) is 72.8 Å². The van der Waals surface area contributed by atoms with E-state index in [1.807, 2.05) is 42.5 Å². The van der Waals surface area contributed by atoms with E-state index in [4.69, 9.17) is 9.47 Å². The molecule has 2 heterocycles. The molecule has 0 aliphatic carbocycles. The first-order valence-corrected chi connectivity index (χ1v) is 8.12. The maximum absolute atomic E-state index is 12.0. The van der Waals surface area contributed by atoms with E-state index in [0.29, 0.717) is 11.5 Å². The number of hydrazone groups is 1. The van der Waals surface area contributed by atoms with Gasteiger partial charge in [-0.3, -0.25) is 4.79 Å². The van der Waals surface area contributed by atoms with Gasteiger partial charge in [0.2, 0.25) is 12.7 Å². The molecule has 0 saturated heterocycles. The molecule has 0 bridgehead atoms. The number of hydrogen-bond donors (Lipinski definition) is 1. The van der Waals surface area contributed by atoms with E-state index in [1.54, 1.807) is 6.21 Å². The quantitative estimate of drug-likeness (QED) is 0.586. The number of aromatic nitrogens is 1. The Labute approximate surface area is 141 Å². The average molecular weight is 339 g/mol. The molecule has 0 radical (unpaired) electrons. The van der Waals surface area contributed by atoms with Gasteiger partial charge in [-0.15, -0.1) is 0 Å². The van der Waals surface area contributed by atoms with Crippen LogP contribution in [0, 0.1) is 0 Å². The molecule has 0 saturated carbocycles. The summed E-state index contributed by atoms with van der Waals surface area (Å²) >= 11 is 1.39. The first-order chi connectivity index (χ1) is 11.8. The zero-order chi connectivity index (χ0) is 16.4. The van der Waals surface area contributed by atoms with Crippen molar-refractivity contribution in [2.45, 2.75) is 6.42 Å². The van der Waals surface area contributed by atoms with E-state index >= 15 is 0 Å². The number of fused-ring (bicyclic) bond motifs is 2. The van der Waals surface area contributed by atoms with Crippen molar-refractivity contribution in [1.82, 2.24) is 9.80 Å². The van der Waals surface area contributed by atoms with Crippen molar-refractivity contribution in [3.8, 4) is 11.5 Å². The zero-order valence-electron chi connectivity index (χ0n) is 12.6. The number of carbonyl (C=O) groups excluding carboxylic acids is 1. The minimum atomic E-state index is -0.206. The Kier molecular flexibility index (Phi) is 3.84. The van der Waals surface area contributed by atoms with Gasteiger partial charge in [-0.05, 0) is 41.4 Å². The second kappa shape index (κ2) is 6.29. The maximum atomic E-state index is 12.0. The molecule has 0 atom stereocenters. The number of hydrogen-bond acceptors (Lipinski definition) is 6. The first-order valence-electron chi connectivity index (χ1n) is 7.34. The van der Waals surface area contributed by atoms with Crippen molar-refractivity contribution in [3.05, 3.63) is 53.7 Å². The molecule has 6 nitrogen and oxygen atoms in total. The molecule has 0 spiro atoms. The fraction of sp³-hybridized carbons (Fsp3) is 0.118. The summed E-state index contributed by atoms with van der Waals surface area (Å²) in [6.07, 6.45) is 1.77. The summed E-state index contributed by atoms with van der Waals surface area (Å²) in [6.45, 7) is 0.230. The van der Waals surface area contributed by atoms with Gasteiger partial charge in [-0.1, -0.05) is 18.2 Å². The Morgan fingerprint density at radius 2 is 2.12 bits per heavy atom. The Morgan fingerprint density at radius 1 is 1.25 bits per heavy atom. The van der Waals surface area contributed by atoms with Crippen molar-refractivity contribution in [1.29, 1.82) is 0 Å². The van der Waals surface area contributed by atoms with Crippen molar-refractivity contribution < 1.29 is 14.3 Å². The molecular formula is C17H13N3O3S. The second-order valence-electron chi connectivity index (χ2n) is 5.21. The van der Waals surface area contributed by atoms with Gasteiger partial charge in [-0.25, -0.2) is 5.43 Å². The number of nitrogens with zero attached hydrogens (tertiary/aromatic N) is 2. The predicted molar refractivity (Wildman–Crippen MR) is 91.6 cm³/mol. The van der Waals surface area contributed by atoms with E-state index in [9.17, 15) is 4.79 Å². The van der Waals surface area contributed by atoms with Gasteiger partial charge in [0.1, 0.15) is 0 Å². The van der Waals surface area contributed by atoms with Crippen LogP contribution in [0.3, 0.4) is 0 Å². The molecule has 2 aromatic carbocycles. The van der Waals surface area contributed by atoms with Crippen LogP contribution in [0.4, 0.5) is 0 Å². The number of amides is 1. The highest BCUT2D eigenvalue weighted by Gasteiger charge is 2.13. The van der Waals surface area contributed by atoms with Gasteiger partial charge in [0.05, 0.1) is 23.0 Å². The molecule has 1 N–H and O–H groups in total. The minimum absolute atomic E-state index is 0.197. The van der Waals surface area contributed by atoms with Crippen LogP contribution in [0.5, 0.6) is 11.5 Å². The van der Waals surface area contributed by atoms with Crippen LogP contribution >= 0.6 is 11.5 Å². The molecule has 120 valence electrons. The number of carbonyl (C=O) groups is 1. The highest BCUT2D eigenvalue weighted by molar-refractivity contribution is 7.13. The average Bonchev–Trinajstić information content (AvgIpc) is 3.22. The number of benzene rings is 2. The zero-order valence-corrected chi connectivity index (χ0v) is 13.4. The van der Waals surface area contributed by atoms with E-state index in [2.05, 4.69) is 14.9 Å². The smallest absolute Gasteiger partial charge is 0.246 e. The van der Waals surface area contributed by atoms with E-state index in [-0.39, 0.29) is 19.1 Å². The second-order valence-corrected chi connectivity index (χ2v) is 6.01. The standard InChI is InChI=1S/C17H13N3O3S/c21-17(8-13-12-3-1-2-4-16(12)24-20-13)19-18-9-11-5-6-14-15(7-11)23-10-22-14/h1-7,9H,8,10H2,(H,19,21)/b18-9+. The van der Waals surface area contributed by atoms with Crippen LogP contribution in [-0.4, -0.2) is 23.3 Å². The van der Waals surface area contributed by atoms with E-state index in [1.165, 1.54) is 11.5 Å². The summed E-state index contributed by atoms with van der Waals surface area (Å²) in [5.41, 5.74) is 4.11. The van der Waals surface area contributed by atoms with Crippen molar-refractivity contribution in [2.75, 3.05) is 6.79 Å². The van der Waals surface area contributed by atoms with Gasteiger partial charge in [0, 0.05) is 5.39 Å². The first kappa shape index (κ1) is 14.6. The summed E-state index contributed by atoms with van der Waals surface area (Å²) in [7, 11) is 0. The third-order valence-electron chi connectivity index (χ3n) is 3.58. The predicted octanol–water partition coefficient (Wildman–Crippen LogP) is 2.72. The van der Waals surface area contributed by atoms with Crippen LogP contribution in [0.15, 0.2) is 47.6 Å². The third-order valence-corrected chi connectivity index (χ3v) is 4.44. The molecule has 1 aliphatic rings. The molecule has 0 unspecified atom stereocenters. The highest BCUT2D eigenvalue weighted by atomic mass is 32.1. The fourth-order valence-corrected chi connectivity index (χ4v) is 3.22. The molecule has 24 heavy (non-hydrogen) atoms. The largest absolute Gasteiger partial charge is 0.454 e. The third kappa shape index (κ3) is 2.93. The lowest BCUT2D eigenvalue weighted by Crippen LogP contribution is -2.20.